The number of fused-ring (bicyclic) bond motifs is 1. The number of thiophene rings is 1. The number of rotatable bonds is 6. The monoisotopic (exact) mass is 440 g/mol. The molecule has 6 nitrogen and oxygen atoms in total. The summed E-state index contributed by atoms with van der Waals surface area (Å²) in [7, 11) is 0. The molecule has 0 saturated heterocycles. The van der Waals surface area contributed by atoms with Crippen molar-refractivity contribution in [1.29, 1.82) is 0 Å². The quantitative estimate of drug-likeness (QED) is 0.421. The molecule has 8 heteroatoms. The summed E-state index contributed by atoms with van der Waals surface area (Å²) in [6.07, 6.45) is 0. The lowest BCUT2D eigenvalue weighted by Gasteiger charge is -2.11. The van der Waals surface area contributed by atoms with Gasteiger partial charge in [0.05, 0.1) is 12.2 Å². The molecular weight excluding hydrogens is 420 g/mol. The summed E-state index contributed by atoms with van der Waals surface area (Å²) in [5.74, 6) is 1.09. The fourth-order valence-electron chi connectivity index (χ4n) is 2.97. The van der Waals surface area contributed by atoms with Gasteiger partial charge in [-0.15, -0.1) is 11.3 Å². The van der Waals surface area contributed by atoms with E-state index in [1.807, 2.05) is 54.6 Å². The Morgan fingerprint density at radius 1 is 1.13 bits per heavy atom. The lowest BCUT2D eigenvalue weighted by Crippen LogP contribution is -2.28. The molecule has 2 heterocycles. The van der Waals surface area contributed by atoms with Crippen LogP contribution in [0.25, 0.3) is 10.4 Å². The molecule has 30 heavy (non-hydrogen) atoms. The highest BCUT2D eigenvalue weighted by Gasteiger charge is 2.19. The maximum absolute atomic E-state index is 12.4. The zero-order valence-corrected chi connectivity index (χ0v) is 17.9. The number of thiocarbonyl (C=S) groups is 1. The molecule has 0 atom stereocenters. The standard InChI is InChI=1S/C22H20N2O4S2/c1-2-26-21(25)16-11-19(15-6-4-3-5-7-15)30-20(16)24-22(29)23-12-14-8-9-17-18(10-14)28-13-27-17/h3-11H,2,12-13H2,1H3,(H2,23,24,29). The average Bonchev–Trinajstić information content (AvgIpc) is 3.40. The molecule has 2 N–H and O–H groups in total. The molecule has 1 aliphatic heterocycles. The molecule has 0 amide bonds. The second-order valence-corrected chi connectivity index (χ2v) is 7.90. The number of carbonyl (C=O) groups is 1. The van der Waals surface area contributed by atoms with Crippen LogP contribution < -0.4 is 20.1 Å². The lowest BCUT2D eigenvalue weighted by molar-refractivity contribution is 0.0528. The van der Waals surface area contributed by atoms with Crippen molar-refractivity contribution in [2.45, 2.75) is 13.5 Å². The normalized spacial score (nSPS) is 11.8. The van der Waals surface area contributed by atoms with Crippen molar-refractivity contribution in [2.24, 2.45) is 0 Å². The molecule has 2 aromatic carbocycles. The van der Waals surface area contributed by atoms with E-state index in [1.165, 1.54) is 11.3 Å². The zero-order valence-electron chi connectivity index (χ0n) is 16.3. The summed E-state index contributed by atoms with van der Waals surface area (Å²) in [5, 5.41) is 7.37. The Kier molecular flexibility index (Phi) is 6.15. The van der Waals surface area contributed by atoms with Gasteiger partial charge < -0.3 is 24.8 Å². The third kappa shape index (κ3) is 4.55. The van der Waals surface area contributed by atoms with Crippen molar-refractivity contribution in [3.05, 3.63) is 65.7 Å². The summed E-state index contributed by atoms with van der Waals surface area (Å²) in [6, 6.07) is 17.5. The van der Waals surface area contributed by atoms with E-state index in [1.54, 1.807) is 6.92 Å². The van der Waals surface area contributed by atoms with E-state index in [0.29, 0.717) is 28.8 Å². The minimum absolute atomic E-state index is 0.241. The summed E-state index contributed by atoms with van der Waals surface area (Å²) in [6.45, 7) is 2.84. The fourth-order valence-corrected chi connectivity index (χ4v) is 4.26. The van der Waals surface area contributed by atoms with Crippen LogP contribution in [0.4, 0.5) is 5.00 Å². The highest BCUT2D eigenvalue weighted by Crippen LogP contribution is 2.36. The van der Waals surface area contributed by atoms with Crippen LogP contribution in [0.3, 0.4) is 0 Å². The van der Waals surface area contributed by atoms with Gasteiger partial charge in [0.25, 0.3) is 0 Å². The van der Waals surface area contributed by atoms with E-state index >= 15 is 0 Å². The van der Waals surface area contributed by atoms with Gasteiger partial charge in [-0.2, -0.15) is 0 Å². The SMILES string of the molecule is CCOC(=O)c1cc(-c2ccccc2)sc1NC(=S)NCc1ccc2c(c1)OCO2. The second-order valence-electron chi connectivity index (χ2n) is 6.44. The smallest absolute Gasteiger partial charge is 0.341 e. The highest BCUT2D eigenvalue weighted by molar-refractivity contribution is 7.80. The maximum atomic E-state index is 12.4. The van der Waals surface area contributed by atoms with Crippen LogP contribution in [-0.2, 0) is 11.3 Å². The van der Waals surface area contributed by atoms with E-state index in [0.717, 1.165) is 27.5 Å². The molecule has 0 aliphatic carbocycles. The Labute approximate surface area is 183 Å². The molecule has 4 rings (SSSR count). The molecule has 0 radical (unpaired) electrons. The van der Waals surface area contributed by atoms with Crippen molar-refractivity contribution >= 4 is 39.6 Å². The van der Waals surface area contributed by atoms with Crippen LogP contribution in [0.5, 0.6) is 11.5 Å². The van der Waals surface area contributed by atoms with Gasteiger partial charge >= 0.3 is 5.97 Å². The van der Waals surface area contributed by atoms with Crippen LogP contribution in [0.2, 0.25) is 0 Å². The number of hydrogen-bond acceptors (Lipinski definition) is 6. The predicted molar refractivity (Wildman–Crippen MR) is 121 cm³/mol. The summed E-state index contributed by atoms with van der Waals surface area (Å²) in [5.41, 5.74) is 2.50. The first kappa shape index (κ1) is 20.2. The molecule has 0 unspecified atom stereocenters. The van der Waals surface area contributed by atoms with E-state index in [9.17, 15) is 4.79 Å². The lowest BCUT2D eigenvalue weighted by atomic mass is 10.1. The summed E-state index contributed by atoms with van der Waals surface area (Å²) >= 11 is 6.90. The first-order chi connectivity index (χ1) is 14.6. The summed E-state index contributed by atoms with van der Waals surface area (Å²) in [4.78, 5) is 13.4. The third-order valence-electron chi connectivity index (χ3n) is 4.40. The number of benzene rings is 2. The molecule has 0 bridgehead atoms. The topological polar surface area (TPSA) is 68.8 Å². The van der Waals surface area contributed by atoms with Gasteiger partial charge in [0.1, 0.15) is 5.00 Å². The van der Waals surface area contributed by atoms with Crippen molar-refractivity contribution in [3.63, 3.8) is 0 Å². The number of anilines is 1. The summed E-state index contributed by atoms with van der Waals surface area (Å²) < 4.78 is 15.9. The second kappa shape index (κ2) is 9.15. The number of carbonyl (C=O) groups excluding carboxylic acids is 1. The van der Waals surface area contributed by atoms with Gasteiger partial charge in [-0.1, -0.05) is 36.4 Å². The number of esters is 1. The molecule has 0 fully saturated rings. The molecule has 1 aromatic heterocycles. The van der Waals surface area contributed by atoms with E-state index in [4.69, 9.17) is 26.4 Å². The molecule has 3 aromatic rings. The van der Waals surface area contributed by atoms with Gasteiger partial charge in [0, 0.05) is 11.4 Å². The van der Waals surface area contributed by atoms with Gasteiger partial charge in [0.2, 0.25) is 6.79 Å². The minimum atomic E-state index is -0.378. The van der Waals surface area contributed by atoms with Crippen LogP contribution in [0.15, 0.2) is 54.6 Å². The molecular formula is C22H20N2O4S2. The highest BCUT2D eigenvalue weighted by atomic mass is 32.1. The van der Waals surface area contributed by atoms with Gasteiger partial charge in [-0.3, -0.25) is 0 Å². The Morgan fingerprint density at radius 2 is 1.93 bits per heavy atom. The first-order valence-corrected chi connectivity index (χ1v) is 10.7. The van der Waals surface area contributed by atoms with Crippen molar-refractivity contribution in [3.8, 4) is 21.9 Å². The predicted octanol–water partition coefficient (Wildman–Crippen LogP) is 4.81. The average molecular weight is 441 g/mol. The number of nitrogens with one attached hydrogen (secondary N) is 2. The van der Waals surface area contributed by atoms with Crippen molar-refractivity contribution in [1.82, 2.24) is 5.32 Å². The maximum Gasteiger partial charge on any atom is 0.341 e. The van der Waals surface area contributed by atoms with Gasteiger partial charge in [-0.25, -0.2) is 4.79 Å². The van der Waals surface area contributed by atoms with Gasteiger partial charge in [0.15, 0.2) is 16.6 Å². The first-order valence-electron chi connectivity index (χ1n) is 9.44. The Hall–Kier alpha value is -3.10. The molecule has 0 spiro atoms. The van der Waals surface area contributed by atoms with Crippen molar-refractivity contribution < 1.29 is 19.0 Å². The van der Waals surface area contributed by atoms with E-state index in [2.05, 4.69) is 10.6 Å². The van der Waals surface area contributed by atoms with Crippen LogP contribution >= 0.6 is 23.6 Å². The Bertz CT molecular complexity index is 1070. The van der Waals surface area contributed by atoms with E-state index in [-0.39, 0.29) is 12.8 Å². The minimum Gasteiger partial charge on any atom is -0.462 e. The van der Waals surface area contributed by atoms with E-state index < -0.39 is 0 Å². The molecule has 154 valence electrons. The zero-order chi connectivity index (χ0) is 20.9. The van der Waals surface area contributed by atoms with Crippen molar-refractivity contribution in [2.75, 3.05) is 18.7 Å². The van der Waals surface area contributed by atoms with Crippen LogP contribution in [0, 0.1) is 0 Å². The molecule has 1 aliphatic rings. The number of ether oxygens (including phenoxy) is 3. The Morgan fingerprint density at radius 3 is 2.73 bits per heavy atom. The van der Waals surface area contributed by atoms with Crippen LogP contribution in [0.1, 0.15) is 22.8 Å². The number of hydrogen-bond donors (Lipinski definition) is 2. The Balaban J connectivity index is 1.47. The van der Waals surface area contributed by atoms with Gasteiger partial charge in [-0.05, 0) is 48.5 Å². The largest absolute Gasteiger partial charge is 0.462 e. The third-order valence-corrected chi connectivity index (χ3v) is 5.75. The molecule has 0 saturated carbocycles. The fraction of sp³-hybridized carbons (Fsp3) is 0.182. The van der Waals surface area contributed by atoms with Crippen LogP contribution in [-0.4, -0.2) is 24.5 Å².